The maximum absolute atomic E-state index is 13.9. The Labute approximate surface area is 135 Å². The highest BCUT2D eigenvalue weighted by atomic mass is 19.1. The Hall–Kier alpha value is -1.72. The number of benzene rings is 1. The van der Waals surface area contributed by atoms with Gasteiger partial charge in [-0.15, -0.1) is 0 Å². The van der Waals surface area contributed by atoms with Crippen LogP contribution < -0.4 is 5.56 Å². The molecule has 0 unspecified atom stereocenters. The summed E-state index contributed by atoms with van der Waals surface area (Å²) in [5.41, 5.74) is 0.568. The van der Waals surface area contributed by atoms with Gasteiger partial charge in [0.2, 0.25) is 0 Å². The molecule has 1 N–H and O–H groups in total. The first-order chi connectivity index (χ1) is 11.2. The lowest BCUT2D eigenvalue weighted by atomic mass is 10.1. The van der Waals surface area contributed by atoms with Crippen LogP contribution in [0, 0.1) is 5.82 Å². The second kappa shape index (κ2) is 7.23. The number of rotatable bonds is 6. The number of H-pyrrole nitrogens is 1. The lowest BCUT2D eigenvalue weighted by molar-refractivity contribution is 0.0856. The molecule has 4 nitrogen and oxygen atoms in total. The second-order valence-electron chi connectivity index (χ2n) is 6.07. The van der Waals surface area contributed by atoms with E-state index in [9.17, 15) is 9.18 Å². The summed E-state index contributed by atoms with van der Waals surface area (Å²) >= 11 is 0. The summed E-state index contributed by atoms with van der Waals surface area (Å²) < 4.78 is 19.5. The number of aromatic nitrogens is 1. The molecule has 1 aliphatic heterocycles. The molecule has 1 fully saturated rings. The molecule has 5 heteroatoms. The minimum atomic E-state index is -0.342. The van der Waals surface area contributed by atoms with Crippen LogP contribution in [-0.2, 0) is 11.2 Å². The monoisotopic (exact) mass is 318 g/mol. The van der Waals surface area contributed by atoms with E-state index in [-0.39, 0.29) is 11.4 Å². The SMILES string of the molecule is CCOC[C@H]1CCCN1CCc1cc2c(F)cccc2c(=O)[nH]1. The number of pyridine rings is 1. The lowest BCUT2D eigenvalue weighted by Gasteiger charge is -2.24. The van der Waals surface area contributed by atoms with Crippen molar-refractivity contribution in [3.05, 3.63) is 46.1 Å². The maximum atomic E-state index is 13.9. The molecular formula is C18H23FN2O2. The van der Waals surface area contributed by atoms with Crippen molar-refractivity contribution < 1.29 is 9.13 Å². The fraction of sp³-hybridized carbons (Fsp3) is 0.500. The number of likely N-dealkylation sites (tertiary alicyclic amines) is 1. The van der Waals surface area contributed by atoms with Gasteiger partial charge in [-0.2, -0.15) is 0 Å². The molecule has 3 rings (SSSR count). The number of fused-ring (bicyclic) bond motifs is 1. The van der Waals surface area contributed by atoms with Crippen molar-refractivity contribution in [2.75, 3.05) is 26.3 Å². The number of hydrogen-bond acceptors (Lipinski definition) is 3. The minimum absolute atomic E-state index is 0.218. The van der Waals surface area contributed by atoms with E-state index in [4.69, 9.17) is 4.74 Å². The number of nitrogens with zero attached hydrogens (tertiary/aromatic N) is 1. The van der Waals surface area contributed by atoms with Gasteiger partial charge in [-0.05, 0) is 44.5 Å². The molecule has 23 heavy (non-hydrogen) atoms. The van der Waals surface area contributed by atoms with Crippen molar-refractivity contribution in [2.45, 2.75) is 32.2 Å². The summed E-state index contributed by atoms with van der Waals surface area (Å²) in [5.74, 6) is -0.342. The number of ether oxygens (including phenoxy) is 1. The molecule has 1 aliphatic rings. The average molecular weight is 318 g/mol. The molecule has 1 saturated heterocycles. The van der Waals surface area contributed by atoms with E-state index >= 15 is 0 Å². The van der Waals surface area contributed by atoms with E-state index in [0.29, 0.717) is 23.2 Å². The van der Waals surface area contributed by atoms with Crippen LogP contribution in [0.2, 0.25) is 0 Å². The first-order valence-corrected chi connectivity index (χ1v) is 8.31. The number of hydrogen-bond donors (Lipinski definition) is 1. The number of halogens is 1. The highest BCUT2D eigenvalue weighted by Crippen LogP contribution is 2.19. The predicted octanol–water partition coefficient (Wildman–Crippen LogP) is 2.71. The first-order valence-electron chi connectivity index (χ1n) is 8.31. The summed E-state index contributed by atoms with van der Waals surface area (Å²) in [6.45, 7) is 5.42. The van der Waals surface area contributed by atoms with Gasteiger partial charge in [0, 0.05) is 42.1 Å². The molecule has 0 spiro atoms. The highest BCUT2D eigenvalue weighted by molar-refractivity contribution is 5.82. The van der Waals surface area contributed by atoms with Gasteiger partial charge in [0.15, 0.2) is 0 Å². The third-order valence-corrected chi connectivity index (χ3v) is 4.57. The Morgan fingerprint density at radius 3 is 3.09 bits per heavy atom. The largest absolute Gasteiger partial charge is 0.380 e. The molecule has 1 atom stereocenters. The van der Waals surface area contributed by atoms with Gasteiger partial charge in [-0.1, -0.05) is 6.07 Å². The van der Waals surface area contributed by atoms with Crippen molar-refractivity contribution in [3.8, 4) is 0 Å². The Kier molecular flexibility index (Phi) is 5.08. The molecule has 0 aliphatic carbocycles. The van der Waals surface area contributed by atoms with Crippen molar-refractivity contribution in [1.82, 2.24) is 9.88 Å². The quantitative estimate of drug-likeness (QED) is 0.891. The molecule has 124 valence electrons. The highest BCUT2D eigenvalue weighted by Gasteiger charge is 2.24. The molecule has 0 radical (unpaired) electrons. The summed E-state index contributed by atoms with van der Waals surface area (Å²) in [7, 11) is 0. The Morgan fingerprint density at radius 2 is 2.26 bits per heavy atom. The average Bonchev–Trinajstić information content (AvgIpc) is 2.99. The van der Waals surface area contributed by atoms with Crippen LogP contribution in [-0.4, -0.2) is 42.2 Å². The first kappa shape index (κ1) is 16.1. The van der Waals surface area contributed by atoms with Gasteiger partial charge in [-0.25, -0.2) is 4.39 Å². The van der Waals surface area contributed by atoms with Crippen LogP contribution in [0.5, 0.6) is 0 Å². The van der Waals surface area contributed by atoms with E-state index < -0.39 is 0 Å². The predicted molar refractivity (Wildman–Crippen MR) is 89.3 cm³/mol. The molecular weight excluding hydrogens is 295 g/mol. The van der Waals surface area contributed by atoms with Crippen molar-refractivity contribution in [1.29, 1.82) is 0 Å². The van der Waals surface area contributed by atoms with E-state index in [1.165, 1.54) is 12.5 Å². The van der Waals surface area contributed by atoms with Crippen molar-refractivity contribution >= 4 is 10.8 Å². The summed E-state index contributed by atoms with van der Waals surface area (Å²) in [5, 5.41) is 0.808. The molecule has 1 aromatic carbocycles. The van der Waals surface area contributed by atoms with E-state index in [0.717, 1.165) is 38.4 Å². The maximum Gasteiger partial charge on any atom is 0.256 e. The topological polar surface area (TPSA) is 45.3 Å². The zero-order valence-corrected chi connectivity index (χ0v) is 13.5. The molecule has 2 aromatic rings. The third kappa shape index (κ3) is 3.62. The van der Waals surface area contributed by atoms with E-state index in [1.807, 2.05) is 6.92 Å². The normalized spacial score (nSPS) is 18.8. The molecule has 2 heterocycles. The molecule has 0 bridgehead atoms. The number of nitrogens with one attached hydrogen (secondary N) is 1. The zero-order chi connectivity index (χ0) is 16.2. The standard InChI is InChI=1S/C18H23FN2O2/c1-2-23-12-14-5-4-9-21(14)10-8-13-11-16-15(18(22)20-13)6-3-7-17(16)19/h3,6-7,11,14H,2,4-5,8-10,12H2,1H3,(H,20,22)/t14-/m1/s1. The van der Waals surface area contributed by atoms with Gasteiger partial charge in [0.25, 0.3) is 5.56 Å². The van der Waals surface area contributed by atoms with Gasteiger partial charge in [-0.3, -0.25) is 9.69 Å². The Balaban J connectivity index is 1.72. The van der Waals surface area contributed by atoms with Gasteiger partial charge in [0.05, 0.1) is 6.61 Å². The Morgan fingerprint density at radius 1 is 1.39 bits per heavy atom. The smallest absolute Gasteiger partial charge is 0.256 e. The van der Waals surface area contributed by atoms with Crippen LogP contribution in [0.3, 0.4) is 0 Å². The van der Waals surface area contributed by atoms with Crippen molar-refractivity contribution in [2.24, 2.45) is 0 Å². The summed E-state index contributed by atoms with van der Waals surface area (Å²) in [6, 6.07) is 6.83. The summed E-state index contributed by atoms with van der Waals surface area (Å²) in [6.07, 6.45) is 3.05. The summed E-state index contributed by atoms with van der Waals surface area (Å²) in [4.78, 5) is 17.4. The van der Waals surface area contributed by atoms with Gasteiger partial charge < -0.3 is 9.72 Å². The van der Waals surface area contributed by atoms with Crippen molar-refractivity contribution in [3.63, 3.8) is 0 Å². The van der Waals surface area contributed by atoms with Gasteiger partial charge in [0.1, 0.15) is 5.82 Å². The minimum Gasteiger partial charge on any atom is -0.380 e. The van der Waals surface area contributed by atoms with Gasteiger partial charge >= 0.3 is 0 Å². The fourth-order valence-corrected chi connectivity index (χ4v) is 3.34. The number of aromatic amines is 1. The van der Waals surface area contributed by atoms with Crippen LogP contribution in [0.15, 0.2) is 29.1 Å². The Bertz CT molecular complexity index is 729. The van der Waals surface area contributed by atoms with E-state index in [2.05, 4.69) is 9.88 Å². The fourth-order valence-electron chi connectivity index (χ4n) is 3.34. The van der Waals surface area contributed by atoms with Crippen LogP contribution in [0.1, 0.15) is 25.5 Å². The van der Waals surface area contributed by atoms with Crippen LogP contribution >= 0.6 is 0 Å². The zero-order valence-electron chi connectivity index (χ0n) is 13.5. The second-order valence-corrected chi connectivity index (χ2v) is 6.07. The molecule has 0 saturated carbocycles. The third-order valence-electron chi connectivity index (χ3n) is 4.57. The molecule has 0 amide bonds. The van der Waals surface area contributed by atoms with E-state index in [1.54, 1.807) is 18.2 Å². The van der Waals surface area contributed by atoms with Crippen LogP contribution in [0.4, 0.5) is 4.39 Å². The van der Waals surface area contributed by atoms with Crippen LogP contribution in [0.25, 0.3) is 10.8 Å². The molecule has 1 aromatic heterocycles. The lowest BCUT2D eigenvalue weighted by Crippen LogP contribution is -2.35.